The summed E-state index contributed by atoms with van der Waals surface area (Å²) in [6.45, 7) is 3.96. The Bertz CT molecular complexity index is 1310. The molecule has 0 aliphatic carbocycles. The highest BCUT2D eigenvalue weighted by molar-refractivity contribution is 6.04. The maximum absolute atomic E-state index is 13.4. The number of aryl methyl sites for hydroxylation is 2. The number of nitrogens with one attached hydrogen (secondary N) is 2. The SMILES string of the molecule is Cc1ccc([C@H]2c3c(C)nn(-c4ccccc4)c3NC(=O)[C@H]2NC(=O)c2ccccc2)cc1. The van der Waals surface area contributed by atoms with E-state index in [2.05, 4.69) is 10.6 Å². The average molecular weight is 437 g/mol. The van der Waals surface area contributed by atoms with Gasteiger partial charge in [-0.05, 0) is 43.7 Å². The monoisotopic (exact) mass is 436 g/mol. The van der Waals surface area contributed by atoms with Gasteiger partial charge in [-0.25, -0.2) is 4.68 Å². The highest BCUT2D eigenvalue weighted by Crippen LogP contribution is 2.40. The summed E-state index contributed by atoms with van der Waals surface area (Å²) in [5.74, 6) is -0.294. The number of para-hydroxylation sites is 1. The number of carbonyl (C=O) groups is 2. The zero-order valence-electron chi connectivity index (χ0n) is 18.4. The molecule has 0 bridgehead atoms. The van der Waals surface area contributed by atoms with E-state index in [1.165, 1.54) is 0 Å². The maximum atomic E-state index is 13.4. The summed E-state index contributed by atoms with van der Waals surface area (Å²) in [5.41, 5.74) is 5.15. The Balaban J connectivity index is 1.63. The fourth-order valence-corrected chi connectivity index (χ4v) is 4.40. The van der Waals surface area contributed by atoms with Crippen molar-refractivity contribution in [2.24, 2.45) is 0 Å². The molecule has 33 heavy (non-hydrogen) atoms. The van der Waals surface area contributed by atoms with E-state index in [1.807, 2.05) is 74.5 Å². The minimum atomic E-state index is -0.778. The van der Waals surface area contributed by atoms with Gasteiger partial charge in [-0.1, -0.05) is 66.2 Å². The maximum Gasteiger partial charge on any atom is 0.251 e. The molecule has 6 heteroatoms. The second-order valence-corrected chi connectivity index (χ2v) is 8.29. The quantitative estimate of drug-likeness (QED) is 0.499. The minimum Gasteiger partial charge on any atom is -0.339 e. The molecular formula is C27H24N4O2. The van der Waals surface area contributed by atoms with Crippen molar-refractivity contribution in [1.82, 2.24) is 15.1 Å². The molecule has 1 aromatic heterocycles. The topological polar surface area (TPSA) is 76.0 Å². The van der Waals surface area contributed by atoms with Crippen LogP contribution in [0.3, 0.4) is 0 Å². The number of anilines is 1. The minimum absolute atomic E-state index is 0.269. The third-order valence-corrected chi connectivity index (χ3v) is 6.03. The van der Waals surface area contributed by atoms with Crippen LogP contribution in [0.25, 0.3) is 5.69 Å². The Morgan fingerprint density at radius 3 is 2.21 bits per heavy atom. The molecule has 0 unspecified atom stereocenters. The van der Waals surface area contributed by atoms with Crippen LogP contribution in [-0.2, 0) is 4.79 Å². The van der Waals surface area contributed by atoms with Crippen LogP contribution in [0.1, 0.15) is 38.7 Å². The van der Waals surface area contributed by atoms with Gasteiger partial charge in [0, 0.05) is 17.0 Å². The van der Waals surface area contributed by atoms with Crippen LogP contribution >= 0.6 is 0 Å². The number of hydrogen-bond acceptors (Lipinski definition) is 3. The molecule has 0 saturated heterocycles. The molecule has 4 aromatic rings. The van der Waals surface area contributed by atoms with Crippen molar-refractivity contribution in [3.05, 3.63) is 113 Å². The highest BCUT2D eigenvalue weighted by Gasteiger charge is 2.41. The fraction of sp³-hybridized carbons (Fsp3) is 0.148. The lowest BCUT2D eigenvalue weighted by molar-refractivity contribution is -0.118. The number of benzene rings is 3. The predicted molar refractivity (Wildman–Crippen MR) is 128 cm³/mol. The van der Waals surface area contributed by atoms with Crippen LogP contribution in [0.2, 0.25) is 0 Å². The third kappa shape index (κ3) is 3.80. The Hall–Kier alpha value is -4.19. The van der Waals surface area contributed by atoms with Gasteiger partial charge in [0.2, 0.25) is 5.91 Å². The molecule has 164 valence electrons. The van der Waals surface area contributed by atoms with Crippen LogP contribution in [0.4, 0.5) is 5.82 Å². The number of amides is 2. The molecule has 0 spiro atoms. The molecule has 2 heterocycles. The van der Waals surface area contributed by atoms with E-state index in [4.69, 9.17) is 5.10 Å². The van der Waals surface area contributed by atoms with Crippen molar-refractivity contribution in [3.63, 3.8) is 0 Å². The number of aromatic nitrogens is 2. The van der Waals surface area contributed by atoms with Crippen molar-refractivity contribution in [2.75, 3.05) is 5.32 Å². The summed E-state index contributed by atoms with van der Waals surface area (Å²) in [6.07, 6.45) is 0. The van der Waals surface area contributed by atoms with Crippen LogP contribution < -0.4 is 10.6 Å². The first-order valence-electron chi connectivity index (χ1n) is 10.9. The largest absolute Gasteiger partial charge is 0.339 e. The van der Waals surface area contributed by atoms with Gasteiger partial charge < -0.3 is 10.6 Å². The Morgan fingerprint density at radius 2 is 1.55 bits per heavy atom. The van der Waals surface area contributed by atoms with E-state index < -0.39 is 6.04 Å². The summed E-state index contributed by atoms with van der Waals surface area (Å²) in [6, 6.07) is 25.9. The van der Waals surface area contributed by atoms with Gasteiger partial charge in [-0.3, -0.25) is 9.59 Å². The zero-order valence-corrected chi connectivity index (χ0v) is 18.4. The summed E-state index contributed by atoms with van der Waals surface area (Å²) in [4.78, 5) is 26.4. The third-order valence-electron chi connectivity index (χ3n) is 6.03. The molecule has 2 N–H and O–H groups in total. The van der Waals surface area contributed by atoms with Gasteiger partial charge in [-0.2, -0.15) is 5.10 Å². The molecule has 0 saturated carbocycles. The lowest BCUT2D eigenvalue weighted by Crippen LogP contribution is -2.50. The van der Waals surface area contributed by atoms with Crippen molar-refractivity contribution in [3.8, 4) is 5.69 Å². The average Bonchev–Trinajstić information content (AvgIpc) is 3.17. The Morgan fingerprint density at radius 1 is 0.909 bits per heavy atom. The molecular weight excluding hydrogens is 412 g/mol. The number of fused-ring (bicyclic) bond motifs is 1. The van der Waals surface area contributed by atoms with Crippen molar-refractivity contribution < 1.29 is 9.59 Å². The second-order valence-electron chi connectivity index (χ2n) is 8.29. The molecule has 5 rings (SSSR count). The summed E-state index contributed by atoms with van der Waals surface area (Å²) in [7, 11) is 0. The standard InChI is InChI=1S/C27H24N4O2/c1-17-13-15-19(16-14-17)23-22-18(2)30-31(21-11-7-4-8-12-21)25(22)29-27(33)24(23)28-26(32)20-9-5-3-6-10-20/h3-16,23-24H,1-2H3,(H,28,32)(H,29,33)/t23-,24-/m0/s1. The van der Waals surface area contributed by atoms with Crippen LogP contribution in [0, 0.1) is 13.8 Å². The van der Waals surface area contributed by atoms with E-state index in [0.29, 0.717) is 11.4 Å². The fourth-order valence-electron chi connectivity index (χ4n) is 4.40. The summed E-state index contributed by atoms with van der Waals surface area (Å²) >= 11 is 0. The Kier molecular flexibility index (Phi) is 5.26. The molecule has 6 nitrogen and oxygen atoms in total. The number of hydrogen-bond donors (Lipinski definition) is 2. The van der Waals surface area contributed by atoms with E-state index >= 15 is 0 Å². The predicted octanol–water partition coefficient (Wildman–Crippen LogP) is 4.37. The van der Waals surface area contributed by atoms with Gasteiger partial charge in [-0.15, -0.1) is 0 Å². The van der Waals surface area contributed by atoms with Gasteiger partial charge >= 0.3 is 0 Å². The van der Waals surface area contributed by atoms with Crippen molar-refractivity contribution in [1.29, 1.82) is 0 Å². The van der Waals surface area contributed by atoms with Gasteiger partial charge in [0.1, 0.15) is 11.9 Å². The molecule has 2 atom stereocenters. The first kappa shape index (κ1) is 20.7. The summed E-state index contributed by atoms with van der Waals surface area (Å²) in [5, 5.41) is 10.7. The highest BCUT2D eigenvalue weighted by atomic mass is 16.2. The van der Waals surface area contributed by atoms with Crippen LogP contribution in [0.15, 0.2) is 84.9 Å². The molecule has 2 amide bonds. The van der Waals surface area contributed by atoms with Crippen LogP contribution in [0.5, 0.6) is 0 Å². The molecule has 0 fully saturated rings. The zero-order chi connectivity index (χ0) is 22.9. The molecule has 3 aromatic carbocycles. The number of nitrogens with zero attached hydrogens (tertiary/aromatic N) is 2. The first-order valence-corrected chi connectivity index (χ1v) is 10.9. The molecule has 1 aliphatic rings. The smallest absolute Gasteiger partial charge is 0.251 e. The van der Waals surface area contributed by atoms with Gasteiger partial charge in [0.05, 0.1) is 11.4 Å². The number of rotatable bonds is 4. The lowest BCUT2D eigenvalue weighted by Gasteiger charge is -2.33. The summed E-state index contributed by atoms with van der Waals surface area (Å²) < 4.78 is 1.76. The van der Waals surface area contributed by atoms with E-state index in [9.17, 15) is 9.59 Å². The van der Waals surface area contributed by atoms with E-state index in [-0.39, 0.29) is 17.7 Å². The molecule has 1 aliphatic heterocycles. The van der Waals surface area contributed by atoms with Crippen molar-refractivity contribution >= 4 is 17.6 Å². The van der Waals surface area contributed by atoms with Crippen molar-refractivity contribution in [2.45, 2.75) is 25.8 Å². The van der Waals surface area contributed by atoms with Crippen LogP contribution in [-0.4, -0.2) is 27.6 Å². The normalized spacial score (nSPS) is 17.2. The van der Waals surface area contributed by atoms with E-state index in [1.54, 1.807) is 28.9 Å². The lowest BCUT2D eigenvalue weighted by atomic mass is 9.81. The van der Waals surface area contributed by atoms with Gasteiger partial charge in [0.15, 0.2) is 0 Å². The number of carbonyl (C=O) groups excluding carboxylic acids is 2. The second kappa shape index (κ2) is 8.39. The first-order chi connectivity index (χ1) is 16.0. The Labute approximate surface area is 192 Å². The van der Waals surface area contributed by atoms with E-state index in [0.717, 1.165) is 28.1 Å². The molecule has 0 radical (unpaired) electrons. The van der Waals surface area contributed by atoms with Gasteiger partial charge in [0.25, 0.3) is 5.91 Å².